The van der Waals surface area contributed by atoms with Crippen LogP contribution in [0, 0.1) is 5.92 Å². The number of thioether (sulfide) groups is 1. The molecule has 0 saturated carbocycles. The molecule has 1 N–H and O–H groups in total. The van der Waals surface area contributed by atoms with Gasteiger partial charge in [0.05, 0.1) is 14.2 Å². The molecule has 1 fully saturated rings. The van der Waals surface area contributed by atoms with Crippen LogP contribution in [-0.2, 0) is 4.79 Å². The predicted molar refractivity (Wildman–Crippen MR) is 98.1 cm³/mol. The summed E-state index contributed by atoms with van der Waals surface area (Å²) in [4.78, 5) is 15.4. The van der Waals surface area contributed by atoms with E-state index in [1.807, 2.05) is 30.1 Å². The van der Waals surface area contributed by atoms with Crippen LogP contribution in [0.2, 0.25) is 0 Å². The number of amides is 1. The number of piperidine rings is 1. The topological polar surface area (TPSA) is 50.8 Å². The summed E-state index contributed by atoms with van der Waals surface area (Å²) in [5.74, 6) is 3.21. The van der Waals surface area contributed by atoms with Crippen LogP contribution in [0.1, 0.15) is 19.3 Å². The quantitative estimate of drug-likeness (QED) is 0.729. The van der Waals surface area contributed by atoms with Gasteiger partial charge in [0.25, 0.3) is 0 Å². The summed E-state index contributed by atoms with van der Waals surface area (Å²) in [6.07, 6.45) is 2.79. The summed E-state index contributed by atoms with van der Waals surface area (Å²) in [6, 6.07) is 5.85. The molecule has 1 aromatic rings. The Hall–Kier alpha value is -1.40. The fraction of sp³-hybridized carbons (Fsp3) is 0.611. The highest BCUT2D eigenvalue weighted by Crippen LogP contribution is 2.32. The van der Waals surface area contributed by atoms with Crippen LogP contribution < -0.4 is 14.8 Å². The van der Waals surface area contributed by atoms with Crippen LogP contribution in [-0.4, -0.2) is 57.5 Å². The lowest BCUT2D eigenvalue weighted by atomic mass is 9.97. The first-order valence-electron chi connectivity index (χ1n) is 8.45. The molecule has 134 valence electrons. The molecule has 1 aliphatic heterocycles. The molecule has 1 aromatic carbocycles. The summed E-state index contributed by atoms with van der Waals surface area (Å²) in [7, 11) is 5.25. The summed E-state index contributed by atoms with van der Waals surface area (Å²) in [5.41, 5.74) is 0. The third kappa shape index (κ3) is 5.31. The van der Waals surface area contributed by atoms with Crippen LogP contribution in [0.15, 0.2) is 23.1 Å². The molecule has 0 spiro atoms. The van der Waals surface area contributed by atoms with E-state index in [0.717, 1.165) is 54.6 Å². The molecule has 0 aliphatic carbocycles. The van der Waals surface area contributed by atoms with Crippen LogP contribution in [0.5, 0.6) is 11.5 Å². The first kappa shape index (κ1) is 18.9. The average molecular weight is 353 g/mol. The lowest BCUT2D eigenvalue weighted by Gasteiger charge is -2.32. The third-order valence-corrected chi connectivity index (χ3v) is 5.40. The number of nitrogens with zero attached hydrogens (tertiary/aromatic N) is 1. The zero-order chi connectivity index (χ0) is 17.4. The Balaban J connectivity index is 1.75. The van der Waals surface area contributed by atoms with E-state index in [4.69, 9.17) is 9.47 Å². The molecule has 1 aliphatic rings. The van der Waals surface area contributed by atoms with Gasteiger partial charge < -0.3 is 19.7 Å². The van der Waals surface area contributed by atoms with E-state index in [-0.39, 0.29) is 5.91 Å². The molecule has 6 heteroatoms. The van der Waals surface area contributed by atoms with Crippen molar-refractivity contribution in [2.45, 2.75) is 24.2 Å². The molecular weight excluding hydrogens is 324 g/mol. The van der Waals surface area contributed by atoms with Gasteiger partial charge in [0, 0.05) is 30.2 Å². The second-order valence-electron chi connectivity index (χ2n) is 6.00. The predicted octanol–water partition coefficient (Wildman–Crippen LogP) is 2.64. The second kappa shape index (κ2) is 9.79. The van der Waals surface area contributed by atoms with Gasteiger partial charge in [-0.15, -0.1) is 11.8 Å². The van der Waals surface area contributed by atoms with Crippen LogP contribution in [0.25, 0.3) is 0 Å². The van der Waals surface area contributed by atoms with Gasteiger partial charge in [-0.3, -0.25) is 4.79 Å². The van der Waals surface area contributed by atoms with E-state index in [9.17, 15) is 4.79 Å². The lowest BCUT2D eigenvalue weighted by Crippen LogP contribution is -2.40. The number of nitrogens with one attached hydrogen (secondary N) is 1. The fourth-order valence-electron chi connectivity index (χ4n) is 3.00. The van der Waals surface area contributed by atoms with Gasteiger partial charge in [-0.25, -0.2) is 0 Å². The number of hydrogen-bond donors (Lipinski definition) is 1. The minimum absolute atomic E-state index is 0.269. The van der Waals surface area contributed by atoms with Gasteiger partial charge in [0.15, 0.2) is 11.5 Å². The van der Waals surface area contributed by atoms with E-state index < -0.39 is 0 Å². The number of likely N-dealkylation sites (tertiary alicyclic amines) is 1. The van der Waals surface area contributed by atoms with Gasteiger partial charge >= 0.3 is 0 Å². The van der Waals surface area contributed by atoms with Crippen molar-refractivity contribution in [2.24, 2.45) is 5.92 Å². The number of ether oxygens (including phenoxy) is 2. The lowest BCUT2D eigenvalue weighted by molar-refractivity contribution is -0.132. The maximum atomic E-state index is 12.3. The Morgan fingerprint density at radius 2 is 1.96 bits per heavy atom. The molecule has 0 atom stereocenters. The Kier molecular flexibility index (Phi) is 7.72. The van der Waals surface area contributed by atoms with Gasteiger partial charge in [-0.2, -0.15) is 0 Å². The minimum Gasteiger partial charge on any atom is -0.493 e. The number of carbonyl (C=O) groups excluding carboxylic acids is 1. The molecule has 1 saturated heterocycles. The number of carbonyl (C=O) groups is 1. The van der Waals surface area contributed by atoms with Crippen molar-refractivity contribution in [3.05, 3.63) is 18.2 Å². The standard InChI is InChI=1S/C18H28N2O3S/c1-19-13-14-6-9-20(10-7-14)18(21)8-11-24-15-4-5-16(22-2)17(12-15)23-3/h4-5,12,14,19H,6-11,13H2,1-3H3. The first-order chi connectivity index (χ1) is 11.7. The van der Waals surface area contributed by atoms with Gasteiger partial charge in [-0.1, -0.05) is 0 Å². The number of methoxy groups -OCH3 is 2. The van der Waals surface area contributed by atoms with Gasteiger partial charge in [-0.05, 0) is 50.6 Å². The van der Waals surface area contributed by atoms with Crippen molar-refractivity contribution in [2.75, 3.05) is 46.7 Å². The second-order valence-corrected chi connectivity index (χ2v) is 7.17. The molecule has 1 heterocycles. The van der Waals surface area contributed by atoms with Crippen molar-refractivity contribution in [1.29, 1.82) is 0 Å². The Labute approximate surface area is 149 Å². The van der Waals surface area contributed by atoms with Gasteiger partial charge in [0.2, 0.25) is 5.91 Å². The zero-order valence-corrected chi connectivity index (χ0v) is 15.7. The minimum atomic E-state index is 0.269. The van der Waals surface area contributed by atoms with E-state index in [2.05, 4.69) is 5.32 Å². The molecule has 5 nitrogen and oxygen atoms in total. The SMILES string of the molecule is CNCC1CCN(C(=O)CCSc2ccc(OC)c(OC)c2)CC1. The summed E-state index contributed by atoms with van der Waals surface area (Å²) in [6.45, 7) is 2.84. The summed E-state index contributed by atoms with van der Waals surface area (Å²) >= 11 is 1.68. The maximum absolute atomic E-state index is 12.3. The molecule has 1 amide bonds. The highest BCUT2D eigenvalue weighted by molar-refractivity contribution is 7.99. The first-order valence-corrected chi connectivity index (χ1v) is 9.43. The molecular formula is C18H28N2O3S. The van der Waals surface area contributed by atoms with Crippen LogP contribution in [0.3, 0.4) is 0 Å². The van der Waals surface area contributed by atoms with Crippen molar-refractivity contribution in [3.63, 3.8) is 0 Å². The number of rotatable bonds is 8. The van der Waals surface area contributed by atoms with Crippen LogP contribution in [0.4, 0.5) is 0 Å². The van der Waals surface area contributed by atoms with Crippen molar-refractivity contribution < 1.29 is 14.3 Å². The monoisotopic (exact) mass is 352 g/mol. The molecule has 0 radical (unpaired) electrons. The third-order valence-electron chi connectivity index (χ3n) is 4.40. The van der Waals surface area contributed by atoms with E-state index in [0.29, 0.717) is 12.3 Å². The highest BCUT2D eigenvalue weighted by atomic mass is 32.2. The molecule has 0 bridgehead atoms. The zero-order valence-electron chi connectivity index (χ0n) is 14.8. The normalized spacial score (nSPS) is 15.4. The Morgan fingerprint density at radius 1 is 1.25 bits per heavy atom. The van der Waals surface area contributed by atoms with E-state index >= 15 is 0 Å². The van der Waals surface area contributed by atoms with E-state index in [1.165, 1.54) is 0 Å². The Morgan fingerprint density at radius 3 is 2.58 bits per heavy atom. The average Bonchev–Trinajstić information content (AvgIpc) is 2.62. The number of benzene rings is 1. The van der Waals surface area contributed by atoms with Gasteiger partial charge in [0.1, 0.15) is 0 Å². The van der Waals surface area contributed by atoms with Crippen LogP contribution >= 0.6 is 11.8 Å². The van der Waals surface area contributed by atoms with Crippen molar-refractivity contribution >= 4 is 17.7 Å². The summed E-state index contributed by atoms with van der Waals surface area (Å²) < 4.78 is 10.6. The molecule has 24 heavy (non-hydrogen) atoms. The summed E-state index contributed by atoms with van der Waals surface area (Å²) in [5, 5.41) is 3.23. The largest absolute Gasteiger partial charge is 0.493 e. The van der Waals surface area contributed by atoms with E-state index in [1.54, 1.807) is 26.0 Å². The Bertz CT molecular complexity index is 531. The fourth-order valence-corrected chi connectivity index (χ4v) is 3.86. The smallest absolute Gasteiger partial charge is 0.223 e. The molecule has 0 unspecified atom stereocenters. The molecule has 0 aromatic heterocycles. The van der Waals surface area contributed by atoms with Crippen molar-refractivity contribution in [3.8, 4) is 11.5 Å². The maximum Gasteiger partial charge on any atom is 0.223 e. The molecule has 2 rings (SSSR count). The van der Waals surface area contributed by atoms with Crippen molar-refractivity contribution in [1.82, 2.24) is 10.2 Å². The number of hydrogen-bond acceptors (Lipinski definition) is 5. The highest BCUT2D eigenvalue weighted by Gasteiger charge is 2.21.